The van der Waals surface area contributed by atoms with Crippen LogP contribution in [0, 0.1) is 0 Å². The third-order valence-electron chi connectivity index (χ3n) is 3.67. The Balaban J connectivity index is 1.58. The predicted octanol–water partition coefficient (Wildman–Crippen LogP) is 0.630. The summed E-state index contributed by atoms with van der Waals surface area (Å²) in [5.74, 6) is 0. The molecule has 0 saturated carbocycles. The van der Waals surface area contributed by atoms with Gasteiger partial charge in [-0.2, -0.15) is 5.10 Å². The minimum absolute atomic E-state index is 0.928. The van der Waals surface area contributed by atoms with Crippen molar-refractivity contribution in [1.82, 2.24) is 24.9 Å². The summed E-state index contributed by atoms with van der Waals surface area (Å²) < 4.78 is 2.03. The molecular weight excluding hydrogens is 238 g/mol. The second kappa shape index (κ2) is 7.62. The molecule has 5 nitrogen and oxygen atoms in total. The molecule has 0 atom stereocenters. The van der Waals surface area contributed by atoms with Crippen LogP contribution < -0.4 is 5.32 Å². The van der Waals surface area contributed by atoms with Crippen molar-refractivity contribution in [2.24, 2.45) is 0 Å². The predicted molar refractivity (Wildman–Crippen MR) is 78.2 cm³/mol. The quantitative estimate of drug-likeness (QED) is 0.734. The molecule has 0 amide bonds. The normalized spacial score (nSPS) is 18.0. The van der Waals surface area contributed by atoms with E-state index in [9.17, 15) is 0 Å². The lowest BCUT2D eigenvalue weighted by Crippen LogP contribution is -2.46. The molecule has 19 heavy (non-hydrogen) atoms. The van der Waals surface area contributed by atoms with Gasteiger partial charge < -0.3 is 10.2 Å². The smallest absolute Gasteiger partial charge is 0.0534 e. The average molecular weight is 265 g/mol. The zero-order valence-electron chi connectivity index (χ0n) is 12.3. The van der Waals surface area contributed by atoms with Crippen LogP contribution in [0.2, 0.25) is 0 Å². The van der Waals surface area contributed by atoms with Gasteiger partial charge in [0, 0.05) is 64.1 Å². The Kier molecular flexibility index (Phi) is 5.82. The number of aromatic nitrogens is 2. The summed E-state index contributed by atoms with van der Waals surface area (Å²) in [5, 5.41) is 7.85. The van der Waals surface area contributed by atoms with Gasteiger partial charge in [-0.1, -0.05) is 6.92 Å². The number of nitrogens with one attached hydrogen (secondary N) is 1. The van der Waals surface area contributed by atoms with E-state index in [1.807, 2.05) is 10.9 Å². The molecule has 5 heteroatoms. The topological polar surface area (TPSA) is 36.3 Å². The fourth-order valence-corrected chi connectivity index (χ4v) is 2.39. The van der Waals surface area contributed by atoms with Crippen LogP contribution in [0.5, 0.6) is 0 Å². The van der Waals surface area contributed by atoms with Crippen LogP contribution in [-0.4, -0.2) is 65.9 Å². The van der Waals surface area contributed by atoms with Gasteiger partial charge in [0.15, 0.2) is 0 Å². The van der Waals surface area contributed by atoms with E-state index in [2.05, 4.69) is 40.4 Å². The van der Waals surface area contributed by atoms with Gasteiger partial charge in [-0.15, -0.1) is 0 Å². The van der Waals surface area contributed by atoms with Crippen molar-refractivity contribution in [2.75, 3.05) is 46.3 Å². The zero-order chi connectivity index (χ0) is 13.5. The van der Waals surface area contributed by atoms with Crippen molar-refractivity contribution < 1.29 is 0 Å². The molecule has 0 spiro atoms. The highest BCUT2D eigenvalue weighted by molar-refractivity contribution is 5.03. The minimum atomic E-state index is 0.928. The molecule has 1 N–H and O–H groups in total. The summed E-state index contributed by atoms with van der Waals surface area (Å²) in [6.07, 6.45) is 5.25. The summed E-state index contributed by atoms with van der Waals surface area (Å²) in [4.78, 5) is 4.93. The van der Waals surface area contributed by atoms with Gasteiger partial charge in [0.05, 0.1) is 6.20 Å². The number of aryl methyl sites for hydroxylation is 1. The summed E-state index contributed by atoms with van der Waals surface area (Å²) in [6.45, 7) is 11.1. The van der Waals surface area contributed by atoms with E-state index < -0.39 is 0 Å². The van der Waals surface area contributed by atoms with Crippen LogP contribution in [0.4, 0.5) is 0 Å². The summed E-state index contributed by atoms with van der Waals surface area (Å²) in [7, 11) is 2.20. The van der Waals surface area contributed by atoms with Gasteiger partial charge in [0.25, 0.3) is 0 Å². The Labute approximate surface area is 116 Å². The molecule has 1 aliphatic heterocycles. The van der Waals surface area contributed by atoms with Crippen molar-refractivity contribution in [3.05, 3.63) is 18.0 Å². The lowest BCUT2D eigenvalue weighted by molar-refractivity contribution is 0.154. The van der Waals surface area contributed by atoms with Gasteiger partial charge in [-0.3, -0.25) is 9.58 Å². The third kappa shape index (κ3) is 4.93. The summed E-state index contributed by atoms with van der Waals surface area (Å²) in [5.41, 5.74) is 1.28. The Bertz CT molecular complexity index is 354. The highest BCUT2D eigenvalue weighted by atomic mass is 15.3. The number of hydrogen-bond acceptors (Lipinski definition) is 4. The maximum Gasteiger partial charge on any atom is 0.0534 e. The second-order valence-electron chi connectivity index (χ2n) is 5.43. The first-order valence-electron chi connectivity index (χ1n) is 7.41. The lowest BCUT2D eigenvalue weighted by atomic mass is 10.3. The Morgan fingerprint density at radius 1 is 1.21 bits per heavy atom. The molecule has 0 bridgehead atoms. The Morgan fingerprint density at radius 3 is 2.74 bits per heavy atom. The van der Waals surface area contributed by atoms with Gasteiger partial charge >= 0.3 is 0 Å². The molecule has 1 aliphatic rings. The van der Waals surface area contributed by atoms with Crippen LogP contribution in [-0.2, 0) is 13.1 Å². The molecule has 108 valence electrons. The average Bonchev–Trinajstić information content (AvgIpc) is 2.85. The van der Waals surface area contributed by atoms with Crippen LogP contribution in [0.25, 0.3) is 0 Å². The number of rotatable bonds is 7. The highest BCUT2D eigenvalue weighted by Gasteiger charge is 2.12. The molecule has 1 aromatic heterocycles. The van der Waals surface area contributed by atoms with Gasteiger partial charge in [0.2, 0.25) is 0 Å². The number of nitrogens with zero attached hydrogens (tertiary/aromatic N) is 4. The van der Waals surface area contributed by atoms with Crippen LogP contribution >= 0.6 is 0 Å². The maximum absolute atomic E-state index is 4.34. The van der Waals surface area contributed by atoms with E-state index in [1.54, 1.807) is 0 Å². The number of piperazine rings is 1. The molecular formula is C14H27N5. The van der Waals surface area contributed by atoms with Gasteiger partial charge in [-0.05, 0) is 13.5 Å². The van der Waals surface area contributed by atoms with Crippen molar-refractivity contribution in [2.45, 2.75) is 26.4 Å². The summed E-state index contributed by atoms with van der Waals surface area (Å²) >= 11 is 0. The van der Waals surface area contributed by atoms with E-state index in [4.69, 9.17) is 0 Å². The Morgan fingerprint density at radius 2 is 2.00 bits per heavy atom. The first-order valence-corrected chi connectivity index (χ1v) is 7.41. The van der Waals surface area contributed by atoms with E-state index in [0.29, 0.717) is 0 Å². The molecule has 1 aromatic rings. The molecule has 1 fully saturated rings. The molecule has 0 aliphatic carbocycles. The van der Waals surface area contributed by atoms with Gasteiger partial charge in [0.1, 0.15) is 0 Å². The van der Waals surface area contributed by atoms with Gasteiger partial charge in [-0.25, -0.2) is 0 Å². The van der Waals surface area contributed by atoms with Crippen molar-refractivity contribution in [1.29, 1.82) is 0 Å². The van der Waals surface area contributed by atoms with Crippen molar-refractivity contribution in [3.63, 3.8) is 0 Å². The highest BCUT2D eigenvalue weighted by Crippen LogP contribution is 1.99. The number of likely N-dealkylation sites (N-methyl/N-ethyl adjacent to an activating group) is 1. The van der Waals surface area contributed by atoms with Crippen molar-refractivity contribution >= 4 is 0 Å². The molecule has 0 radical (unpaired) electrons. The van der Waals surface area contributed by atoms with E-state index >= 15 is 0 Å². The monoisotopic (exact) mass is 265 g/mol. The van der Waals surface area contributed by atoms with E-state index in [1.165, 1.54) is 31.7 Å². The Hall–Kier alpha value is -0.910. The maximum atomic E-state index is 4.34. The first kappa shape index (κ1) is 14.5. The van der Waals surface area contributed by atoms with Crippen LogP contribution in [0.1, 0.15) is 18.9 Å². The van der Waals surface area contributed by atoms with E-state index in [-0.39, 0.29) is 0 Å². The zero-order valence-corrected chi connectivity index (χ0v) is 12.3. The fraction of sp³-hybridized carbons (Fsp3) is 0.786. The molecule has 1 saturated heterocycles. The molecule has 2 rings (SSSR count). The standard InChI is InChI=1S/C14H27N5/c1-3-5-19-13-14(12-16-19)11-15-4-6-18-9-7-17(2)8-10-18/h12-13,15H,3-11H2,1-2H3. The second-order valence-corrected chi connectivity index (χ2v) is 5.43. The van der Waals surface area contributed by atoms with E-state index in [0.717, 1.165) is 32.6 Å². The van der Waals surface area contributed by atoms with Crippen LogP contribution in [0.3, 0.4) is 0 Å². The van der Waals surface area contributed by atoms with Crippen LogP contribution in [0.15, 0.2) is 12.4 Å². The largest absolute Gasteiger partial charge is 0.311 e. The first-order chi connectivity index (χ1) is 9.28. The molecule has 0 aromatic carbocycles. The molecule has 2 heterocycles. The minimum Gasteiger partial charge on any atom is -0.311 e. The van der Waals surface area contributed by atoms with Crippen molar-refractivity contribution in [3.8, 4) is 0 Å². The lowest BCUT2D eigenvalue weighted by Gasteiger charge is -2.32. The summed E-state index contributed by atoms with van der Waals surface area (Å²) in [6, 6.07) is 0. The fourth-order valence-electron chi connectivity index (χ4n) is 2.39. The SMILES string of the molecule is CCCn1cc(CNCCN2CCN(C)CC2)cn1. The number of hydrogen-bond donors (Lipinski definition) is 1. The third-order valence-corrected chi connectivity index (χ3v) is 3.67. The molecule has 0 unspecified atom stereocenters.